The molecule has 1 unspecified atom stereocenters. The van der Waals surface area contributed by atoms with Crippen LogP contribution in [0.15, 0.2) is 24.3 Å². The van der Waals surface area contributed by atoms with Gasteiger partial charge in [0.25, 0.3) is 5.69 Å². The third-order valence-corrected chi connectivity index (χ3v) is 3.32. The molecule has 0 aliphatic carbocycles. The molecule has 17 heavy (non-hydrogen) atoms. The van der Waals surface area contributed by atoms with E-state index in [4.69, 9.17) is 0 Å². The Bertz CT molecular complexity index is 389. The first-order valence-corrected chi connectivity index (χ1v) is 6.05. The van der Waals surface area contributed by atoms with Crippen LogP contribution >= 0.6 is 0 Å². The molecule has 0 saturated carbocycles. The quantitative estimate of drug-likeness (QED) is 0.595. The van der Waals surface area contributed by atoms with Crippen LogP contribution in [-0.4, -0.2) is 17.5 Å². The van der Waals surface area contributed by atoms with Crippen molar-refractivity contribution in [2.24, 2.45) is 0 Å². The Morgan fingerprint density at radius 2 is 2.12 bits per heavy atom. The van der Waals surface area contributed by atoms with Crippen molar-refractivity contribution in [3.63, 3.8) is 0 Å². The van der Waals surface area contributed by atoms with Crippen LogP contribution in [0.2, 0.25) is 0 Å². The van der Waals surface area contributed by atoms with Crippen molar-refractivity contribution in [3.8, 4) is 0 Å². The third kappa shape index (κ3) is 2.57. The maximum atomic E-state index is 10.6. The molecule has 0 N–H and O–H groups in total. The Hall–Kier alpha value is -1.58. The first kappa shape index (κ1) is 11.9. The zero-order valence-corrected chi connectivity index (χ0v) is 10.0. The third-order valence-electron chi connectivity index (χ3n) is 3.32. The minimum atomic E-state index is -0.356. The fourth-order valence-corrected chi connectivity index (χ4v) is 2.34. The molecule has 1 atom stereocenters. The highest BCUT2D eigenvalue weighted by molar-refractivity contribution is 5.52. The molecule has 1 saturated heterocycles. The van der Waals surface area contributed by atoms with Crippen LogP contribution in [0.5, 0.6) is 0 Å². The summed E-state index contributed by atoms with van der Waals surface area (Å²) in [5, 5.41) is 10.6. The van der Waals surface area contributed by atoms with E-state index in [1.807, 2.05) is 12.1 Å². The van der Waals surface area contributed by atoms with Gasteiger partial charge in [0.05, 0.1) is 4.92 Å². The van der Waals surface area contributed by atoms with Crippen LogP contribution < -0.4 is 4.90 Å². The highest BCUT2D eigenvalue weighted by atomic mass is 16.6. The fourth-order valence-electron chi connectivity index (χ4n) is 2.34. The van der Waals surface area contributed by atoms with Crippen molar-refractivity contribution < 1.29 is 4.92 Å². The van der Waals surface area contributed by atoms with E-state index in [0.717, 1.165) is 31.5 Å². The van der Waals surface area contributed by atoms with Gasteiger partial charge in [-0.05, 0) is 37.8 Å². The van der Waals surface area contributed by atoms with E-state index in [2.05, 4.69) is 18.2 Å². The highest BCUT2D eigenvalue weighted by Gasteiger charge is 2.21. The van der Waals surface area contributed by atoms with E-state index < -0.39 is 0 Å². The maximum absolute atomic E-state index is 10.6. The van der Waals surface area contributed by atoms with E-state index in [1.54, 1.807) is 12.1 Å². The zero-order valence-electron chi connectivity index (χ0n) is 10.0. The lowest BCUT2D eigenvalue weighted by Gasteiger charge is -2.37. The minimum Gasteiger partial charge on any atom is -0.369 e. The van der Waals surface area contributed by atoms with Crippen molar-refractivity contribution in [2.75, 3.05) is 11.4 Å². The van der Waals surface area contributed by atoms with Gasteiger partial charge in [-0.15, -0.1) is 0 Å². The number of nitro groups is 1. The predicted molar refractivity (Wildman–Crippen MR) is 68.1 cm³/mol. The number of benzene rings is 1. The second-order valence-electron chi connectivity index (χ2n) is 4.34. The van der Waals surface area contributed by atoms with Gasteiger partial charge in [-0.2, -0.15) is 0 Å². The highest BCUT2D eigenvalue weighted by Crippen LogP contribution is 2.27. The normalized spacial score (nSPS) is 20.3. The molecule has 1 radical (unpaired) electrons. The number of non-ortho nitro benzene ring substituents is 1. The number of nitro benzene ring substituents is 1. The minimum absolute atomic E-state index is 0.158. The van der Waals surface area contributed by atoms with Gasteiger partial charge in [0.1, 0.15) is 0 Å². The largest absolute Gasteiger partial charge is 0.369 e. The van der Waals surface area contributed by atoms with Crippen LogP contribution in [0.1, 0.15) is 26.2 Å². The standard InChI is InChI=1S/C13H17N2O2/c1-2-11-5-3-4-10-14(11)12-6-8-13(9-7-12)15(16)17/h3,6-9,11H,2,4-5,10H2,1H3. The second-order valence-corrected chi connectivity index (χ2v) is 4.34. The monoisotopic (exact) mass is 233 g/mol. The van der Waals surface area contributed by atoms with E-state index in [9.17, 15) is 10.1 Å². The Kier molecular flexibility index (Phi) is 3.61. The number of hydrogen-bond acceptors (Lipinski definition) is 3. The van der Waals surface area contributed by atoms with Crippen molar-refractivity contribution >= 4 is 11.4 Å². The van der Waals surface area contributed by atoms with Crippen LogP contribution in [0.4, 0.5) is 11.4 Å². The summed E-state index contributed by atoms with van der Waals surface area (Å²) in [5.74, 6) is 0. The zero-order chi connectivity index (χ0) is 12.3. The topological polar surface area (TPSA) is 46.4 Å². The van der Waals surface area contributed by atoms with Crippen molar-refractivity contribution in [3.05, 3.63) is 40.8 Å². The molecule has 4 heteroatoms. The van der Waals surface area contributed by atoms with Crippen LogP contribution in [0.25, 0.3) is 0 Å². The Morgan fingerprint density at radius 3 is 2.71 bits per heavy atom. The van der Waals surface area contributed by atoms with Crippen molar-refractivity contribution in [1.82, 2.24) is 0 Å². The average Bonchev–Trinajstić information content (AvgIpc) is 2.39. The molecule has 1 aromatic rings. The lowest BCUT2D eigenvalue weighted by Crippen LogP contribution is -2.39. The number of anilines is 1. The first-order valence-electron chi connectivity index (χ1n) is 6.05. The summed E-state index contributed by atoms with van der Waals surface area (Å²) in [7, 11) is 0. The SMILES string of the molecule is CCC1C[CH]CCN1c1ccc([N+](=O)[O-])cc1. The summed E-state index contributed by atoms with van der Waals surface area (Å²) in [6.07, 6.45) is 5.63. The summed E-state index contributed by atoms with van der Waals surface area (Å²) in [4.78, 5) is 12.6. The van der Waals surface area contributed by atoms with Gasteiger partial charge >= 0.3 is 0 Å². The molecule has 91 valence electrons. The van der Waals surface area contributed by atoms with E-state index >= 15 is 0 Å². The van der Waals surface area contributed by atoms with Gasteiger partial charge in [-0.3, -0.25) is 10.1 Å². The summed E-state index contributed by atoms with van der Waals surface area (Å²) in [5.41, 5.74) is 1.25. The lowest BCUT2D eigenvalue weighted by molar-refractivity contribution is -0.384. The van der Waals surface area contributed by atoms with Crippen molar-refractivity contribution in [1.29, 1.82) is 0 Å². The van der Waals surface area contributed by atoms with E-state index in [-0.39, 0.29) is 10.6 Å². The molecule has 2 rings (SSSR count). The number of piperidine rings is 1. The van der Waals surface area contributed by atoms with Gasteiger partial charge in [0.2, 0.25) is 0 Å². The molecule has 1 fully saturated rings. The van der Waals surface area contributed by atoms with E-state index in [1.165, 1.54) is 0 Å². The second kappa shape index (κ2) is 5.17. The molecule has 0 spiro atoms. The molecule has 0 bridgehead atoms. The molecule has 1 aliphatic rings. The molecule has 4 nitrogen and oxygen atoms in total. The van der Waals surface area contributed by atoms with Crippen LogP contribution in [-0.2, 0) is 0 Å². The molecule has 1 aliphatic heterocycles. The van der Waals surface area contributed by atoms with Crippen LogP contribution in [0.3, 0.4) is 0 Å². The molecular weight excluding hydrogens is 216 g/mol. The summed E-state index contributed by atoms with van der Waals surface area (Å²) in [6, 6.07) is 7.41. The molecule has 1 heterocycles. The predicted octanol–water partition coefficient (Wildman–Crippen LogP) is 3.18. The van der Waals surface area contributed by atoms with Gasteiger partial charge < -0.3 is 4.90 Å². The van der Waals surface area contributed by atoms with Gasteiger partial charge in [-0.1, -0.05) is 6.92 Å². The number of hydrogen-bond donors (Lipinski definition) is 0. The van der Waals surface area contributed by atoms with Crippen molar-refractivity contribution in [2.45, 2.75) is 32.2 Å². The molecule has 0 amide bonds. The fraction of sp³-hybridized carbons (Fsp3) is 0.462. The van der Waals surface area contributed by atoms with E-state index in [0.29, 0.717) is 6.04 Å². The summed E-state index contributed by atoms with van der Waals surface area (Å²) >= 11 is 0. The molecule has 1 aromatic carbocycles. The summed E-state index contributed by atoms with van der Waals surface area (Å²) in [6.45, 7) is 3.19. The van der Waals surface area contributed by atoms with Crippen LogP contribution in [0, 0.1) is 16.5 Å². The Morgan fingerprint density at radius 1 is 1.41 bits per heavy atom. The Labute approximate surface area is 101 Å². The maximum Gasteiger partial charge on any atom is 0.269 e. The molecular formula is C13H17N2O2. The van der Waals surface area contributed by atoms with Gasteiger partial charge in [0, 0.05) is 30.4 Å². The van der Waals surface area contributed by atoms with Gasteiger partial charge in [0.15, 0.2) is 0 Å². The summed E-state index contributed by atoms with van der Waals surface area (Å²) < 4.78 is 0. The lowest BCUT2D eigenvalue weighted by atomic mass is 9.99. The smallest absolute Gasteiger partial charge is 0.269 e. The number of rotatable bonds is 3. The average molecular weight is 233 g/mol. The number of nitrogens with zero attached hydrogens (tertiary/aromatic N) is 2. The first-order chi connectivity index (χ1) is 8.22. The molecule has 0 aromatic heterocycles. The van der Waals surface area contributed by atoms with Gasteiger partial charge in [-0.25, -0.2) is 0 Å². The Balaban J connectivity index is 2.17.